The molecule has 1 fully saturated rings. The summed E-state index contributed by atoms with van der Waals surface area (Å²) >= 11 is 0. The van der Waals surface area contributed by atoms with Gasteiger partial charge in [0, 0.05) is 18.3 Å². The minimum absolute atomic E-state index is 0.165. The van der Waals surface area contributed by atoms with E-state index in [1.807, 2.05) is 25.1 Å². The highest BCUT2D eigenvalue weighted by Gasteiger charge is 2.42. The number of ether oxygens (including phenoxy) is 3. The molecule has 2 aromatic rings. The standard InChI is InChI=1S/C36H45N3O10/c1-6-31(42)48-21-36(3,4)32(43)34(45)39-17-8-7-12-27(39)35(46)49-28(16-15-23-14-13-22(2)29(18-23)47-5)24-10-9-11-25(19-24)38-33(44)26(37)20-30(40)41/h6,9-11,13-14,18-19,26-28H,1,7-8,12,15-17,20-21,37H2,2-5H3,(H,38,44)(H,40,41)/t26-,27-,28+/m0/s1. The smallest absolute Gasteiger partial charge is 0.330 e. The van der Waals surface area contributed by atoms with Gasteiger partial charge in [-0.05, 0) is 87.8 Å². The average molecular weight is 680 g/mol. The number of Topliss-reactive ketones (excluding diaryl/α,β-unsaturated/α-hetero) is 1. The first-order valence-electron chi connectivity index (χ1n) is 16.0. The van der Waals surface area contributed by atoms with Crippen LogP contribution in [-0.2, 0) is 44.7 Å². The Hall–Kier alpha value is -5.04. The van der Waals surface area contributed by atoms with Crippen LogP contribution in [0.3, 0.4) is 0 Å². The Morgan fingerprint density at radius 2 is 1.86 bits per heavy atom. The molecule has 2 aromatic carbocycles. The number of piperidine rings is 1. The van der Waals surface area contributed by atoms with Gasteiger partial charge in [0.25, 0.3) is 5.91 Å². The van der Waals surface area contributed by atoms with Gasteiger partial charge in [0.05, 0.1) is 25.0 Å². The molecular formula is C36H45N3O10. The molecule has 264 valence electrons. The fraction of sp³-hybridized carbons (Fsp3) is 0.444. The number of methoxy groups -OCH3 is 1. The van der Waals surface area contributed by atoms with Gasteiger partial charge in [-0.15, -0.1) is 0 Å². The summed E-state index contributed by atoms with van der Waals surface area (Å²) in [4.78, 5) is 77.0. The van der Waals surface area contributed by atoms with Crippen LogP contribution >= 0.6 is 0 Å². The fourth-order valence-corrected chi connectivity index (χ4v) is 5.38. The molecule has 0 bridgehead atoms. The molecule has 3 rings (SSSR count). The molecule has 0 saturated carbocycles. The van der Waals surface area contributed by atoms with Crippen LogP contribution < -0.4 is 15.8 Å². The highest BCUT2D eigenvalue weighted by atomic mass is 16.5. The molecule has 1 heterocycles. The summed E-state index contributed by atoms with van der Waals surface area (Å²) in [6, 6.07) is 10.0. The van der Waals surface area contributed by atoms with E-state index in [0.29, 0.717) is 42.7 Å². The monoisotopic (exact) mass is 679 g/mol. The van der Waals surface area contributed by atoms with Crippen LogP contribution in [0.2, 0.25) is 0 Å². The maximum Gasteiger partial charge on any atom is 0.330 e. The SMILES string of the molecule is C=CC(=O)OCC(C)(C)C(=O)C(=O)N1CCCC[C@H]1C(=O)O[C@H](CCc1ccc(C)c(OC)c1)c1cccc(NC(=O)[C@@H](N)CC(=O)O)c1. The summed E-state index contributed by atoms with van der Waals surface area (Å²) in [6.45, 7) is 8.04. The molecule has 1 aliphatic rings. The zero-order chi connectivity index (χ0) is 36.3. The number of nitrogens with one attached hydrogen (secondary N) is 1. The number of carboxylic acids is 1. The van der Waals surface area contributed by atoms with E-state index < -0.39 is 65.5 Å². The Balaban J connectivity index is 1.87. The van der Waals surface area contributed by atoms with E-state index in [4.69, 9.17) is 25.1 Å². The minimum Gasteiger partial charge on any atom is -0.496 e. The summed E-state index contributed by atoms with van der Waals surface area (Å²) in [5, 5.41) is 11.6. The molecule has 1 saturated heterocycles. The Kier molecular flexibility index (Phi) is 13.6. The second-order valence-electron chi connectivity index (χ2n) is 12.6. The van der Waals surface area contributed by atoms with Crippen LogP contribution in [0.25, 0.3) is 0 Å². The van der Waals surface area contributed by atoms with Crippen molar-refractivity contribution in [3.05, 3.63) is 71.8 Å². The number of likely N-dealkylation sites (tertiary alicyclic amines) is 1. The molecule has 49 heavy (non-hydrogen) atoms. The van der Waals surface area contributed by atoms with Gasteiger partial charge in [0.15, 0.2) is 0 Å². The number of aryl methyl sites for hydroxylation is 2. The first kappa shape index (κ1) is 38.4. The number of rotatable bonds is 16. The number of hydrogen-bond donors (Lipinski definition) is 3. The number of carbonyl (C=O) groups is 6. The van der Waals surface area contributed by atoms with Crippen LogP contribution in [0.5, 0.6) is 5.75 Å². The van der Waals surface area contributed by atoms with Crippen LogP contribution in [0.15, 0.2) is 55.1 Å². The number of nitrogens with two attached hydrogens (primary N) is 1. The lowest BCUT2D eigenvalue weighted by molar-refractivity contribution is -0.165. The second-order valence-corrected chi connectivity index (χ2v) is 12.6. The first-order valence-corrected chi connectivity index (χ1v) is 16.0. The molecule has 3 atom stereocenters. The van der Waals surface area contributed by atoms with Crippen molar-refractivity contribution in [2.45, 2.75) is 77.5 Å². The van der Waals surface area contributed by atoms with Crippen molar-refractivity contribution in [1.29, 1.82) is 0 Å². The molecule has 0 spiro atoms. The molecule has 4 N–H and O–H groups in total. The average Bonchev–Trinajstić information content (AvgIpc) is 3.08. The van der Waals surface area contributed by atoms with Gasteiger partial charge >= 0.3 is 17.9 Å². The number of nitrogens with zero attached hydrogens (tertiary/aromatic N) is 1. The largest absolute Gasteiger partial charge is 0.496 e. The van der Waals surface area contributed by atoms with Crippen molar-refractivity contribution in [2.75, 3.05) is 25.6 Å². The molecule has 0 aliphatic carbocycles. The van der Waals surface area contributed by atoms with Crippen LogP contribution in [0.4, 0.5) is 5.69 Å². The number of hydrogen-bond acceptors (Lipinski definition) is 10. The first-order chi connectivity index (χ1) is 23.2. The summed E-state index contributed by atoms with van der Waals surface area (Å²) in [5.41, 5.74) is 7.11. The van der Waals surface area contributed by atoms with Crippen molar-refractivity contribution in [3.8, 4) is 5.75 Å². The van der Waals surface area contributed by atoms with E-state index in [1.54, 1.807) is 31.4 Å². The Morgan fingerprint density at radius 3 is 2.53 bits per heavy atom. The molecule has 13 heteroatoms. The highest BCUT2D eigenvalue weighted by molar-refractivity contribution is 6.38. The number of benzene rings is 2. The minimum atomic E-state index is -1.35. The van der Waals surface area contributed by atoms with Gasteiger partial charge in [-0.1, -0.05) is 30.8 Å². The van der Waals surface area contributed by atoms with Gasteiger partial charge in [0.1, 0.15) is 24.5 Å². The molecule has 2 amide bonds. The van der Waals surface area contributed by atoms with Gasteiger partial charge in [0.2, 0.25) is 11.7 Å². The number of esters is 2. The van der Waals surface area contributed by atoms with Crippen LogP contribution in [0, 0.1) is 12.3 Å². The lowest BCUT2D eigenvalue weighted by Gasteiger charge is -2.36. The number of carbonyl (C=O) groups excluding carboxylic acids is 5. The Morgan fingerprint density at radius 1 is 1.12 bits per heavy atom. The predicted molar refractivity (Wildman–Crippen MR) is 179 cm³/mol. The van der Waals surface area contributed by atoms with Crippen LogP contribution in [0.1, 0.15) is 68.7 Å². The summed E-state index contributed by atoms with van der Waals surface area (Å²) in [6.07, 6.45) is 1.85. The van der Waals surface area contributed by atoms with E-state index in [9.17, 15) is 28.8 Å². The summed E-state index contributed by atoms with van der Waals surface area (Å²) in [5.74, 6) is -4.30. The topological polar surface area (TPSA) is 192 Å². The third-order valence-corrected chi connectivity index (χ3v) is 8.27. The lowest BCUT2D eigenvalue weighted by atomic mass is 9.87. The molecule has 0 radical (unpaired) electrons. The zero-order valence-corrected chi connectivity index (χ0v) is 28.4. The number of carboxylic acid groups (broad SMARTS) is 1. The van der Waals surface area contributed by atoms with E-state index in [1.165, 1.54) is 18.7 Å². The lowest BCUT2D eigenvalue weighted by Crippen LogP contribution is -2.53. The number of ketones is 1. The van der Waals surface area contributed by atoms with Gasteiger partial charge in [-0.2, -0.15) is 0 Å². The van der Waals surface area contributed by atoms with Crippen molar-refractivity contribution in [1.82, 2.24) is 4.90 Å². The zero-order valence-electron chi connectivity index (χ0n) is 28.4. The highest BCUT2D eigenvalue weighted by Crippen LogP contribution is 2.30. The van der Waals surface area contributed by atoms with Crippen molar-refractivity contribution in [2.24, 2.45) is 11.1 Å². The van der Waals surface area contributed by atoms with Crippen molar-refractivity contribution in [3.63, 3.8) is 0 Å². The van der Waals surface area contributed by atoms with Gasteiger partial charge < -0.3 is 35.3 Å². The maximum atomic E-state index is 13.9. The van der Waals surface area contributed by atoms with E-state index >= 15 is 0 Å². The molecule has 0 aromatic heterocycles. The fourth-order valence-electron chi connectivity index (χ4n) is 5.38. The Labute approximate surface area is 285 Å². The molecular weight excluding hydrogens is 634 g/mol. The number of amides is 2. The second kappa shape index (κ2) is 17.4. The number of aliphatic carboxylic acids is 1. The third kappa shape index (κ3) is 10.7. The molecule has 0 unspecified atom stereocenters. The van der Waals surface area contributed by atoms with Crippen LogP contribution in [-0.4, -0.2) is 77.9 Å². The maximum absolute atomic E-state index is 13.9. The molecule has 13 nitrogen and oxygen atoms in total. The van der Waals surface area contributed by atoms with E-state index in [2.05, 4.69) is 11.9 Å². The third-order valence-electron chi connectivity index (χ3n) is 8.27. The number of anilines is 1. The normalized spacial score (nSPS) is 15.7. The summed E-state index contributed by atoms with van der Waals surface area (Å²) < 4.78 is 16.6. The van der Waals surface area contributed by atoms with Crippen molar-refractivity contribution < 1.29 is 48.1 Å². The van der Waals surface area contributed by atoms with E-state index in [-0.39, 0.29) is 19.6 Å². The Bertz CT molecular complexity index is 1570. The van der Waals surface area contributed by atoms with Gasteiger partial charge in [-0.25, -0.2) is 9.59 Å². The molecule has 1 aliphatic heterocycles. The van der Waals surface area contributed by atoms with E-state index in [0.717, 1.165) is 17.2 Å². The quantitative estimate of drug-likeness (QED) is 0.133. The van der Waals surface area contributed by atoms with Gasteiger partial charge in [-0.3, -0.25) is 19.2 Å². The summed E-state index contributed by atoms with van der Waals surface area (Å²) in [7, 11) is 1.58. The van der Waals surface area contributed by atoms with Crippen molar-refractivity contribution >= 4 is 41.2 Å². The predicted octanol–water partition coefficient (Wildman–Crippen LogP) is 3.67.